The van der Waals surface area contributed by atoms with Gasteiger partial charge in [-0.05, 0) is 43.7 Å². The maximum Gasteiger partial charge on any atom is 0.0745 e. The van der Waals surface area contributed by atoms with Gasteiger partial charge in [0.2, 0.25) is 0 Å². The number of piperidine rings is 1. The molecule has 1 aliphatic rings. The van der Waals surface area contributed by atoms with Crippen LogP contribution in [0.15, 0.2) is 42.5 Å². The molecular formula is C20H22ClN3. The molecule has 3 nitrogen and oxygen atoms in total. The predicted octanol–water partition coefficient (Wildman–Crippen LogP) is 4.94. The summed E-state index contributed by atoms with van der Waals surface area (Å²) in [5.41, 5.74) is 3.16. The Bertz CT molecular complexity index is 869. The number of fused-ring (bicyclic) bond motifs is 2. The third kappa shape index (κ3) is 2.94. The lowest BCUT2D eigenvalue weighted by molar-refractivity contribution is 0.230. The van der Waals surface area contributed by atoms with Crippen LogP contribution in [0.2, 0.25) is 5.02 Å². The normalized spacial score (nSPS) is 16.8. The summed E-state index contributed by atoms with van der Waals surface area (Å²) in [4.78, 5) is 7.30. The molecule has 1 aromatic heterocycles. The fourth-order valence-electron chi connectivity index (χ4n) is 3.62. The second-order valence-corrected chi connectivity index (χ2v) is 6.95. The highest BCUT2D eigenvalue weighted by atomic mass is 35.5. The fourth-order valence-corrected chi connectivity index (χ4v) is 3.79. The molecule has 1 N–H and O–H groups in total. The van der Waals surface area contributed by atoms with Crippen LogP contribution in [0.1, 0.15) is 19.8 Å². The highest BCUT2D eigenvalue weighted by molar-refractivity contribution is 6.31. The van der Waals surface area contributed by atoms with Gasteiger partial charge in [-0.25, -0.2) is 4.98 Å². The summed E-state index contributed by atoms with van der Waals surface area (Å²) in [6, 6.07) is 14.8. The Labute approximate surface area is 147 Å². The predicted molar refractivity (Wildman–Crippen MR) is 103 cm³/mol. The lowest BCUT2D eigenvalue weighted by atomic mass is 10.0. The van der Waals surface area contributed by atoms with Crippen molar-refractivity contribution >= 4 is 39.1 Å². The van der Waals surface area contributed by atoms with Crippen LogP contribution in [0.4, 0.5) is 5.69 Å². The van der Waals surface area contributed by atoms with Crippen LogP contribution in [-0.4, -0.2) is 35.6 Å². The number of hydrogen-bond acceptors (Lipinski definition) is 3. The van der Waals surface area contributed by atoms with Crippen LogP contribution < -0.4 is 5.32 Å². The van der Waals surface area contributed by atoms with Gasteiger partial charge in [0.1, 0.15) is 0 Å². The van der Waals surface area contributed by atoms with Gasteiger partial charge in [-0.3, -0.25) is 0 Å². The van der Waals surface area contributed by atoms with Crippen molar-refractivity contribution in [3.8, 4) is 0 Å². The number of nitrogens with one attached hydrogen (secondary N) is 1. The van der Waals surface area contributed by atoms with E-state index >= 15 is 0 Å². The number of halogens is 1. The minimum absolute atomic E-state index is 0.512. The molecule has 2 aromatic carbocycles. The van der Waals surface area contributed by atoms with Crippen LogP contribution in [0, 0.1) is 0 Å². The lowest BCUT2D eigenvalue weighted by Crippen LogP contribution is -2.38. The first-order valence-electron chi connectivity index (χ1n) is 8.71. The summed E-state index contributed by atoms with van der Waals surface area (Å²) in [7, 11) is 0. The number of benzene rings is 2. The summed E-state index contributed by atoms with van der Waals surface area (Å²) in [6.45, 7) is 5.72. The molecule has 3 aromatic rings. The number of likely N-dealkylation sites (tertiary alicyclic amines) is 1. The number of aromatic nitrogens is 1. The molecule has 0 bridgehead atoms. The van der Waals surface area contributed by atoms with E-state index in [9.17, 15) is 0 Å². The number of hydrogen-bond donors (Lipinski definition) is 1. The first kappa shape index (κ1) is 15.7. The molecule has 24 heavy (non-hydrogen) atoms. The molecule has 1 saturated heterocycles. The molecule has 0 saturated carbocycles. The summed E-state index contributed by atoms with van der Waals surface area (Å²) in [5, 5.41) is 6.88. The third-order valence-electron chi connectivity index (χ3n) is 5.03. The first-order chi connectivity index (χ1) is 11.7. The van der Waals surface area contributed by atoms with E-state index in [2.05, 4.69) is 41.4 Å². The Morgan fingerprint density at radius 2 is 1.83 bits per heavy atom. The van der Waals surface area contributed by atoms with Gasteiger partial charge < -0.3 is 10.2 Å². The highest BCUT2D eigenvalue weighted by Crippen LogP contribution is 2.33. The lowest BCUT2D eigenvalue weighted by Gasteiger charge is -2.32. The molecule has 0 spiro atoms. The second kappa shape index (κ2) is 6.58. The SMILES string of the molecule is CCN1CCC(Nc2c3ccccc3nc3cc(Cl)ccc23)CC1. The van der Waals surface area contributed by atoms with Crippen molar-refractivity contribution in [2.45, 2.75) is 25.8 Å². The van der Waals surface area contributed by atoms with Crippen LogP contribution in [0.5, 0.6) is 0 Å². The van der Waals surface area contributed by atoms with Crippen molar-refractivity contribution in [3.05, 3.63) is 47.5 Å². The standard InChI is InChI=1S/C20H22ClN3/c1-2-24-11-9-15(10-12-24)22-20-16-5-3-4-6-18(16)23-19-13-14(21)7-8-17(19)20/h3-8,13,15H,2,9-12H2,1H3,(H,22,23). The van der Waals surface area contributed by atoms with Crippen LogP contribution in [0.25, 0.3) is 21.8 Å². The van der Waals surface area contributed by atoms with E-state index in [4.69, 9.17) is 16.6 Å². The van der Waals surface area contributed by atoms with E-state index < -0.39 is 0 Å². The third-order valence-corrected chi connectivity index (χ3v) is 5.26. The first-order valence-corrected chi connectivity index (χ1v) is 9.09. The van der Waals surface area contributed by atoms with Crippen LogP contribution in [-0.2, 0) is 0 Å². The maximum atomic E-state index is 6.18. The van der Waals surface area contributed by atoms with Gasteiger partial charge in [-0.2, -0.15) is 0 Å². The van der Waals surface area contributed by atoms with Gasteiger partial charge in [-0.15, -0.1) is 0 Å². The van der Waals surface area contributed by atoms with E-state index in [1.54, 1.807) is 0 Å². The number of nitrogens with zero attached hydrogens (tertiary/aromatic N) is 2. The molecule has 2 heterocycles. The van der Waals surface area contributed by atoms with E-state index in [1.807, 2.05) is 18.2 Å². The van der Waals surface area contributed by atoms with E-state index in [0.29, 0.717) is 6.04 Å². The van der Waals surface area contributed by atoms with Crippen molar-refractivity contribution in [2.24, 2.45) is 0 Å². The molecule has 1 aliphatic heterocycles. The van der Waals surface area contributed by atoms with E-state index in [1.165, 1.54) is 37.0 Å². The second-order valence-electron chi connectivity index (χ2n) is 6.52. The molecule has 0 unspecified atom stereocenters. The average molecular weight is 340 g/mol. The van der Waals surface area contributed by atoms with E-state index in [-0.39, 0.29) is 0 Å². The fraction of sp³-hybridized carbons (Fsp3) is 0.350. The van der Waals surface area contributed by atoms with E-state index in [0.717, 1.165) is 28.0 Å². The molecule has 0 radical (unpaired) electrons. The molecule has 4 rings (SSSR count). The minimum Gasteiger partial charge on any atom is -0.381 e. The summed E-state index contributed by atoms with van der Waals surface area (Å²) >= 11 is 6.18. The number of rotatable bonds is 3. The monoisotopic (exact) mass is 339 g/mol. The van der Waals surface area contributed by atoms with Crippen LogP contribution in [0.3, 0.4) is 0 Å². The van der Waals surface area contributed by atoms with Gasteiger partial charge in [0.25, 0.3) is 0 Å². The zero-order valence-electron chi connectivity index (χ0n) is 13.9. The Morgan fingerprint density at radius 1 is 1.08 bits per heavy atom. The Morgan fingerprint density at radius 3 is 2.62 bits per heavy atom. The zero-order valence-corrected chi connectivity index (χ0v) is 14.7. The molecule has 0 atom stereocenters. The van der Waals surface area contributed by atoms with Gasteiger partial charge in [0.05, 0.1) is 16.7 Å². The number of para-hydroxylation sites is 1. The Balaban J connectivity index is 1.77. The molecule has 4 heteroatoms. The summed E-state index contributed by atoms with van der Waals surface area (Å²) < 4.78 is 0. The largest absolute Gasteiger partial charge is 0.381 e. The highest BCUT2D eigenvalue weighted by Gasteiger charge is 2.19. The average Bonchev–Trinajstić information content (AvgIpc) is 2.62. The smallest absolute Gasteiger partial charge is 0.0745 e. The summed E-state index contributed by atoms with van der Waals surface area (Å²) in [6.07, 6.45) is 2.36. The molecule has 0 aliphatic carbocycles. The topological polar surface area (TPSA) is 28.2 Å². The molecular weight excluding hydrogens is 318 g/mol. The molecule has 124 valence electrons. The van der Waals surface area contributed by atoms with Gasteiger partial charge in [0, 0.05) is 34.9 Å². The van der Waals surface area contributed by atoms with Crippen molar-refractivity contribution in [1.82, 2.24) is 9.88 Å². The Hall–Kier alpha value is -1.84. The van der Waals surface area contributed by atoms with Crippen molar-refractivity contribution < 1.29 is 0 Å². The molecule has 1 fully saturated rings. The number of pyridine rings is 1. The van der Waals surface area contributed by atoms with Crippen molar-refractivity contribution in [3.63, 3.8) is 0 Å². The van der Waals surface area contributed by atoms with Gasteiger partial charge in [0.15, 0.2) is 0 Å². The minimum atomic E-state index is 0.512. The maximum absolute atomic E-state index is 6.18. The van der Waals surface area contributed by atoms with Crippen molar-refractivity contribution in [2.75, 3.05) is 25.0 Å². The van der Waals surface area contributed by atoms with Crippen LogP contribution >= 0.6 is 11.6 Å². The van der Waals surface area contributed by atoms with Gasteiger partial charge >= 0.3 is 0 Å². The Kier molecular flexibility index (Phi) is 4.30. The van der Waals surface area contributed by atoms with Crippen molar-refractivity contribution in [1.29, 1.82) is 0 Å². The number of anilines is 1. The van der Waals surface area contributed by atoms with Gasteiger partial charge in [-0.1, -0.05) is 36.7 Å². The zero-order chi connectivity index (χ0) is 16.5. The molecule has 0 amide bonds. The quantitative estimate of drug-likeness (QED) is 0.685. The summed E-state index contributed by atoms with van der Waals surface area (Å²) in [5.74, 6) is 0.